The van der Waals surface area contributed by atoms with Gasteiger partial charge in [-0.1, -0.05) is 19.1 Å². The molecule has 190 valence electrons. The second kappa shape index (κ2) is 10.6. The molecule has 0 unspecified atom stereocenters. The number of carbonyl (C=O) groups is 2. The number of benzene rings is 1. The van der Waals surface area contributed by atoms with Crippen LogP contribution in [0.1, 0.15) is 28.8 Å². The molecule has 0 aliphatic carbocycles. The van der Waals surface area contributed by atoms with Crippen molar-refractivity contribution in [2.45, 2.75) is 20.3 Å². The van der Waals surface area contributed by atoms with Crippen LogP contribution in [0.2, 0.25) is 0 Å². The Kier molecular flexibility index (Phi) is 7.10. The Morgan fingerprint density at radius 1 is 0.973 bits per heavy atom. The maximum atomic E-state index is 13.2. The average Bonchev–Trinajstić information content (AvgIpc) is 3.57. The molecule has 0 spiro atoms. The van der Waals surface area contributed by atoms with Crippen molar-refractivity contribution in [1.82, 2.24) is 9.55 Å². The number of aryl methyl sites for hydroxylation is 2. The van der Waals surface area contributed by atoms with Crippen molar-refractivity contribution in [3.05, 3.63) is 83.1 Å². The molecule has 0 atom stereocenters. The molecule has 5 rings (SSSR count). The van der Waals surface area contributed by atoms with Crippen molar-refractivity contribution in [2.24, 2.45) is 7.05 Å². The first-order chi connectivity index (χ1) is 17.9. The summed E-state index contributed by atoms with van der Waals surface area (Å²) in [4.78, 5) is 36.4. The smallest absolute Gasteiger partial charge is 0.298 e. The molecule has 1 aromatic carbocycles. The second-order valence-electron chi connectivity index (χ2n) is 9.23. The molecule has 1 saturated heterocycles. The van der Waals surface area contributed by atoms with Crippen LogP contribution in [-0.2, 0) is 18.3 Å². The molecule has 0 radical (unpaired) electrons. The van der Waals surface area contributed by atoms with Gasteiger partial charge in [0.05, 0.1) is 0 Å². The highest BCUT2D eigenvalue weighted by Crippen LogP contribution is 2.31. The van der Waals surface area contributed by atoms with Gasteiger partial charge in [0, 0.05) is 66.4 Å². The largest absolute Gasteiger partial charge is 0.368 e. The lowest BCUT2D eigenvalue weighted by Crippen LogP contribution is -2.46. The van der Waals surface area contributed by atoms with Gasteiger partial charge in [-0.2, -0.15) is 0 Å². The Hall–Kier alpha value is -3.91. The second-order valence-corrected chi connectivity index (χ2v) is 10.2. The number of aromatic nitrogens is 2. The zero-order valence-electron chi connectivity index (χ0n) is 21.4. The minimum atomic E-state index is -0.637. The molecule has 3 aromatic heterocycles. The molecular weight excluding hydrogens is 482 g/mol. The van der Waals surface area contributed by atoms with Crippen molar-refractivity contribution >= 4 is 40.2 Å². The summed E-state index contributed by atoms with van der Waals surface area (Å²) in [6.07, 6.45) is 0.933. The Balaban J connectivity index is 1.22. The van der Waals surface area contributed by atoms with E-state index in [4.69, 9.17) is 4.98 Å². The fraction of sp³-hybridized carbons (Fsp3) is 0.276. The summed E-state index contributed by atoms with van der Waals surface area (Å²) < 4.78 is 1.79. The van der Waals surface area contributed by atoms with E-state index in [1.165, 1.54) is 0 Å². The molecular formula is C29H31N5O2S. The van der Waals surface area contributed by atoms with Crippen LogP contribution in [0.5, 0.6) is 0 Å². The number of pyridine rings is 1. The Labute approximate surface area is 221 Å². The molecule has 1 aliphatic heterocycles. The van der Waals surface area contributed by atoms with Crippen LogP contribution in [-0.4, -0.2) is 47.4 Å². The predicted octanol–water partition coefficient (Wildman–Crippen LogP) is 5.17. The zero-order chi connectivity index (χ0) is 25.9. The first-order valence-electron chi connectivity index (χ1n) is 12.6. The van der Waals surface area contributed by atoms with Crippen LogP contribution < -0.4 is 15.1 Å². The fourth-order valence-electron chi connectivity index (χ4n) is 4.71. The summed E-state index contributed by atoms with van der Waals surface area (Å²) in [5.74, 6) is -0.139. The number of nitrogens with zero attached hydrogens (tertiary/aromatic N) is 4. The lowest BCUT2D eigenvalue weighted by Gasteiger charge is -2.37. The SMILES string of the molecule is CCc1cccc(N2CCN(c3ccc(NC(=O)C(=O)c4c(-c5cccs5)cc(C)n4C)cc3)CC2)n1. The number of piperazine rings is 1. The molecule has 1 aliphatic rings. The van der Waals surface area contributed by atoms with Gasteiger partial charge < -0.3 is 19.7 Å². The Morgan fingerprint density at radius 2 is 1.70 bits per heavy atom. The lowest BCUT2D eigenvalue weighted by atomic mass is 10.1. The number of ketones is 1. The van der Waals surface area contributed by atoms with Crippen molar-refractivity contribution < 1.29 is 9.59 Å². The number of thiophene rings is 1. The van der Waals surface area contributed by atoms with Crippen LogP contribution >= 0.6 is 11.3 Å². The third-order valence-electron chi connectivity index (χ3n) is 6.93. The van der Waals surface area contributed by atoms with E-state index >= 15 is 0 Å². The number of hydrogen-bond donors (Lipinski definition) is 1. The van der Waals surface area contributed by atoms with E-state index in [2.05, 4.69) is 40.2 Å². The van der Waals surface area contributed by atoms with E-state index in [1.54, 1.807) is 15.9 Å². The topological polar surface area (TPSA) is 70.5 Å². The van der Waals surface area contributed by atoms with Crippen LogP contribution in [0.4, 0.5) is 17.2 Å². The Morgan fingerprint density at radius 3 is 2.38 bits per heavy atom. The van der Waals surface area contributed by atoms with Gasteiger partial charge in [-0.3, -0.25) is 9.59 Å². The maximum absolute atomic E-state index is 13.2. The fourth-order valence-corrected chi connectivity index (χ4v) is 5.45. The monoisotopic (exact) mass is 513 g/mol. The third kappa shape index (κ3) is 5.15. The zero-order valence-corrected chi connectivity index (χ0v) is 22.2. The summed E-state index contributed by atoms with van der Waals surface area (Å²) in [5.41, 5.74) is 4.94. The molecule has 7 nitrogen and oxygen atoms in total. The van der Waals surface area contributed by atoms with Crippen molar-refractivity contribution in [3.63, 3.8) is 0 Å². The Bertz CT molecular complexity index is 1400. The molecule has 1 amide bonds. The van der Waals surface area contributed by atoms with Crippen LogP contribution in [0.3, 0.4) is 0 Å². The number of nitrogens with one attached hydrogen (secondary N) is 1. The highest BCUT2D eigenvalue weighted by atomic mass is 32.1. The van der Waals surface area contributed by atoms with E-state index in [9.17, 15) is 9.59 Å². The number of Topliss-reactive ketones (excluding diaryl/α,β-unsaturated/α-hetero) is 1. The summed E-state index contributed by atoms with van der Waals surface area (Å²) >= 11 is 1.55. The molecule has 37 heavy (non-hydrogen) atoms. The van der Waals surface area contributed by atoms with Crippen LogP contribution in [0.15, 0.2) is 66.0 Å². The highest BCUT2D eigenvalue weighted by molar-refractivity contribution is 7.13. The first kappa shape index (κ1) is 24.8. The van der Waals surface area contributed by atoms with Gasteiger partial charge in [0.15, 0.2) is 0 Å². The average molecular weight is 514 g/mol. The lowest BCUT2D eigenvalue weighted by molar-refractivity contribution is -0.112. The number of anilines is 3. The molecule has 1 N–H and O–H groups in total. The van der Waals surface area contributed by atoms with Gasteiger partial charge in [0.2, 0.25) is 0 Å². The summed E-state index contributed by atoms with van der Waals surface area (Å²) in [6.45, 7) is 7.63. The molecule has 4 heterocycles. The van der Waals surface area contributed by atoms with Crippen molar-refractivity contribution in [1.29, 1.82) is 0 Å². The standard InChI is InChI=1S/C29H31N5O2S/c1-4-21-7-5-9-26(30-21)34-16-14-33(15-17-34)23-12-10-22(11-13-23)31-29(36)28(35)27-24(19-20(2)32(27)3)25-8-6-18-37-25/h5-13,18-19H,4,14-17H2,1-3H3,(H,31,36). The minimum absolute atomic E-state index is 0.408. The molecule has 4 aromatic rings. The predicted molar refractivity (Wildman–Crippen MR) is 151 cm³/mol. The quantitative estimate of drug-likeness (QED) is 0.273. The van der Waals surface area contributed by atoms with Crippen LogP contribution in [0, 0.1) is 6.92 Å². The number of amides is 1. The van der Waals surface area contributed by atoms with Crippen molar-refractivity contribution in [2.75, 3.05) is 41.3 Å². The number of hydrogen-bond acceptors (Lipinski definition) is 6. The van der Waals surface area contributed by atoms with E-state index in [0.29, 0.717) is 11.4 Å². The normalized spacial score (nSPS) is 13.6. The number of carbonyl (C=O) groups excluding carboxylic acids is 2. The van der Waals surface area contributed by atoms with E-state index in [-0.39, 0.29) is 0 Å². The van der Waals surface area contributed by atoms with Crippen LogP contribution in [0.25, 0.3) is 10.4 Å². The highest BCUT2D eigenvalue weighted by Gasteiger charge is 2.25. The van der Waals surface area contributed by atoms with E-state index < -0.39 is 11.7 Å². The summed E-state index contributed by atoms with van der Waals surface area (Å²) in [7, 11) is 1.82. The first-order valence-corrected chi connectivity index (χ1v) is 13.4. The van der Waals surface area contributed by atoms with Gasteiger partial charge in [-0.15, -0.1) is 11.3 Å². The minimum Gasteiger partial charge on any atom is -0.368 e. The maximum Gasteiger partial charge on any atom is 0.298 e. The van der Waals surface area contributed by atoms with Gasteiger partial charge in [0.1, 0.15) is 11.5 Å². The van der Waals surface area contributed by atoms with Crippen molar-refractivity contribution in [3.8, 4) is 10.4 Å². The van der Waals surface area contributed by atoms with Gasteiger partial charge in [0.25, 0.3) is 11.7 Å². The van der Waals surface area contributed by atoms with Gasteiger partial charge in [-0.25, -0.2) is 4.98 Å². The molecule has 0 saturated carbocycles. The number of rotatable bonds is 7. The van der Waals surface area contributed by atoms with E-state index in [0.717, 1.165) is 65.9 Å². The van der Waals surface area contributed by atoms with Gasteiger partial charge in [-0.05, 0) is 67.3 Å². The summed E-state index contributed by atoms with van der Waals surface area (Å²) in [6, 6.07) is 19.8. The molecule has 0 bridgehead atoms. The third-order valence-corrected chi connectivity index (χ3v) is 7.83. The summed E-state index contributed by atoms with van der Waals surface area (Å²) in [5, 5.41) is 4.75. The van der Waals surface area contributed by atoms with Gasteiger partial charge >= 0.3 is 0 Å². The molecule has 8 heteroatoms. The molecule has 1 fully saturated rings. The van der Waals surface area contributed by atoms with E-state index in [1.807, 2.05) is 61.8 Å².